The molecule has 0 aromatic heterocycles. The first-order chi connectivity index (χ1) is 12.5. The molecule has 26 heavy (non-hydrogen) atoms. The van der Waals surface area contributed by atoms with Crippen LogP contribution in [-0.2, 0) is 10.5 Å². The highest BCUT2D eigenvalue weighted by Gasteiger charge is 2.12. The van der Waals surface area contributed by atoms with Crippen LogP contribution in [0, 0.1) is 0 Å². The van der Waals surface area contributed by atoms with Crippen LogP contribution < -0.4 is 5.32 Å². The van der Waals surface area contributed by atoms with Crippen LogP contribution in [0.15, 0.2) is 53.0 Å². The molecule has 0 aliphatic heterocycles. The number of hydrogen-bond acceptors (Lipinski definition) is 3. The minimum atomic E-state index is -0.0464. The molecule has 2 amide bonds. The van der Waals surface area contributed by atoms with Gasteiger partial charge < -0.3 is 10.2 Å². The van der Waals surface area contributed by atoms with E-state index < -0.39 is 0 Å². The third kappa shape index (κ3) is 6.18. The Morgan fingerprint density at radius 1 is 1.00 bits per heavy atom. The lowest BCUT2D eigenvalue weighted by molar-refractivity contribution is -0.113. The average Bonchev–Trinajstić information content (AvgIpc) is 2.65. The Bertz CT molecular complexity index is 728. The average molecular weight is 435 g/mol. The lowest BCUT2D eigenvalue weighted by Crippen LogP contribution is -2.30. The van der Waals surface area contributed by atoms with Gasteiger partial charge in [0, 0.05) is 34.6 Å². The molecule has 4 nitrogen and oxygen atoms in total. The lowest BCUT2D eigenvalue weighted by Gasteiger charge is -2.18. The third-order valence-corrected chi connectivity index (χ3v) is 5.41. The first kappa shape index (κ1) is 20.5. The topological polar surface area (TPSA) is 49.4 Å². The van der Waals surface area contributed by atoms with Gasteiger partial charge in [0.1, 0.15) is 0 Å². The van der Waals surface area contributed by atoms with Crippen molar-refractivity contribution in [2.75, 3.05) is 24.2 Å². The highest BCUT2D eigenvalue weighted by Crippen LogP contribution is 2.17. The summed E-state index contributed by atoms with van der Waals surface area (Å²) in [5.41, 5.74) is 2.52. The molecule has 2 aromatic rings. The zero-order valence-electron chi connectivity index (χ0n) is 15.0. The first-order valence-corrected chi connectivity index (χ1v) is 10.5. The molecular formula is C20H23BrN2O2S. The Hall–Kier alpha value is -1.79. The van der Waals surface area contributed by atoms with Gasteiger partial charge in [-0.1, -0.05) is 28.1 Å². The molecule has 0 saturated heterocycles. The molecule has 138 valence electrons. The van der Waals surface area contributed by atoms with Crippen LogP contribution in [0.2, 0.25) is 0 Å². The van der Waals surface area contributed by atoms with Gasteiger partial charge >= 0.3 is 0 Å². The summed E-state index contributed by atoms with van der Waals surface area (Å²) in [5.74, 6) is 1.14. The second-order valence-electron chi connectivity index (χ2n) is 5.72. The fourth-order valence-electron chi connectivity index (χ4n) is 2.43. The van der Waals surface area contributed by atoms with Crippen LogP contribution in [0.4, 0.5) is 5.69 Å². The van der Waals surface area contributed by atoms with Crippen LogP contribution in [0.1, 0.15) is 29.8 Å². The van der Waals surface area contributed by atoms with E-state index in [1.54, 1.807) is 40.9 Å². The van der Waals surface area contributed by atoms with Crippen molar-refractivity contribution in [1.82, 2.24) is 4.90 Å². The quantitative estimate of drug-likeness (QED) is 0.648. The van der Waals surface area contributed by atoms with E-state index in [1.807, 2.05) is 38.1 Å². The Labute approximate surface area is 167 Å². The van der Waals surface area contributed by atoms with Gasteiger partial charge in [-0.05, 0) is 55.8 Å². The van der Waals surface area contributed by atoms with Crippen LogP contribution in [-0.4, -0.2) is 35.6 Å². The number of carbonyl (C=O) groups excluding carboxylic acids is 2. The summed E-state index contributed by atoms with van der Waals surface area (Å²) >= 11 is 4.98. The maximum atomic E-state index is 12.3. The van der Waals surface area contributed by atoms with E-state index in [1.165, 1.54) is 5.56 Å². The molecule has 0 bridgehead atoms. The summed E-state index contributed by atoms with van der Waals surface area (Å²) in [5, 5.41) is 2.87. The van der Waals surface area contributed by atoms with Crippen molar-refractivity contribution in [2.24, 2.45) is 0 Å². The van der Waals surface area contributed by atoms with E-state index >= 15 is 0 Å². The van der Waals surface area contributed by atoms with E-state index in [9.17, 15) is 9.59 Å². The molecule has 0 aliphatic carbocycles. The summed E-state index contributed by atoms with van der Waals surface area (Å²) in [6.07, 6.45) is 0. The molecule has 0 aliphatic rings. The SMILES string of the molecule is CCN(CC)C(=O)c1ccc(NC(=O)CSCc2ccc(Br)cc2)cc1. The molecule has 0 fully saturated rings. The molecule has 0 saturated carbocycles. The van der Waals surface area contributed by atoms with Gasteiger partial charge in [0.25, 0.3) is 5.91 Å². The maximum absolute atomic E-state index is 12.3. The number of thioether (sulfide) groups is 1. The van der Waals surface area contributed by atoms with E-state index in [4.69, 9.17) is 0 Å². The minimum absolute atomic E-state index is 0.0120. The Morgan fingerprint density at radius 3 is 2.19 bits per heavy atom. The van der Waals surface area contributed by atoms with Crippen molar-refractivity contribution in [3.05, 3.63) is 64.1 Å². The second kappa shape index (κ2) is 10.4. The van der Waals surface area contributed by atoms with Crippen molar-refractivity contribution in [2.45, 2.75) is 19.6 Å². The Morgan fingerprint density at radius 2 is 1.62 bits per heavy atom. The van der Waals surface area contributed by atoms with Crippen molar-refractivity contribution in [1.29, 1.82) is 0 Å². The summed E-state index contributed by atoms with van der Waals surface area (Å²) in [6.45, 7) is 5.29. The fourth-order valence-corrected chi connectivity index (χ4v) is 3.48. The maximum Gasteiger partial charge on any atom is 0.253 e. The zero-order chi connectivity index (χ0) is 18.9. The number of anilines is 1. The number of nitrogens with zero attached hydrogens (tertiary/aromatic N) is 1. The molecular weight excluding hydrogens is 412 g/mol. The molecule has 0 unspecified atom stereocenters. The van der Waals surface area contributed by atoms with Crippen molar-refractivity contribution in [3.63, 3.8) is 0 Å². The van der Waals surface area contributed by atoms with E-state index in [0.29, 0.717) is 30.1 Å². The van der Waals surface area contributed by atoms with Crippen molar-refractivity contribution < 1.29 is 9.59 Å². The van der Waals surface area contributed by atoms with Gasteiger partial charge in [-0.15, -0.1) is 11.8 Å². The third-order valence-electron chi connectivity index (χ3n) is 3.88. The van der Waals surface area contributed by atoms with Gasteiger partial charge in [-0.3, -0.25) is 9.59 Å². The Balaban J connectivity index is 1.81. The van der Waals surface area contributed by atoms with Gasteiger partial charge in [0.2, 0.25) is 5.91 Å². The first-order valence-electron chi connectivity index (χ1n) is 8.54. The Kier molecular flexibility index (Phi) is 8.19. The van der Waals surface area contributed by atoms with Crippen LogP contribution in [0.25, 0.3) is 0 Å². The van der Waals surface area contributed by atoms with Gasteiger partial charge in [0.15, 0.2) is 0 Å². The number of amides is 2. The number of hydrogen-bond donors (Lipinski definition) is 1. The molecule has 0 spiro atoms. The second-order valence-corrected chi connectivity index (χ2v) is 7.62. The lowest BCUT2D eigenvalue weighted by atomic mass is 10.2. The van der Waals surface area contributed by atoms with Crippen molar-refractivity contribution in [3.8, 4) is 0 Å². The number of rotatable bonds is 8. The van der Waals surface area contributed by atoms with E-state index in [-0.39, 0.29) is 11.8 Å². The van der Waals surface area contributed by atoms with Crippen LogP contribution in [0.3, 0.4) is 0 Å². The van der Waals surface area contributed by atoms with Gasteiger partial charge in [-0.2, -0.15) is 0 Å². The number of halogens is 1. The van der Waals surface area contributed by atoms with Crippen LogP contribution >= 0.6 is 27.7 Å². The zero-order valence-corrected chi connectivity index (χ0v) is 17.4. The van der Waals surface area contributed by atoms with Gasteiger partial charge in [-0.25, -0.2) is 0 Å². The highest BCUT2D eigenvalue weighted by molar-refractivity contribution is 9.10. The molecule has 0 atom stereocenters. The number of carbonyl (C=O) groups is 2. The summed E-state index contributed by atoms with van der Waals surface area (Å²) in [7, 11) is 0. The molecule has 6 heteroatoms. The monoisotopic (exact) mass is 434 g/mol. The van der Waals surface area contributed by atoms with Crippen molar-refractivity contribution >= 4 is 45.2 Å². The largest absolute Gasteiger partial charge is 0.339 e. The minimum Gasteiger partial charge on any atom is -0.339 e. The summed E-state index contributed by atoms with van der Waals surface area (Å²) in [4.78, 5) is 26.1. The predicted octanol–water partition coefficient (Wildman–Crippen LogP) is 4.80. The summed E-state index contributed by atoms with van der Waals surface area (Å²) < 4.78 is 1.05. The molecule has 0 heterocycles. The molecule has 0 radical (unpaired) electrons. The highest BCUT2D eigenvalue weighted by atomic mass is 79.9. The smallest absolute Gasteiger partial charge is 0.253 e. The standard InChI is InChI=1S/C20H23BrN2O2S/c1-3-23(4-2)20(25)16-7-11-18(12-8-16)22-19(24)14-26-13-15-5-9-17(21)10-6-15/h5-12H,3-4,13-14H2,1-2H3,(H,22,24). The normalized spacial score (nSPS) is 10.4. The van der Waals surface area contributed by atoms with E-state index in [2.05, 4.69) is 21.2 Å². The molecule has 2 rings (SSSR count). The van der Waals surface area contributed by atoms with Crippen LogP contribution in [0.5, 0.6) is 0 Å². The molecule has 1 N–H and O–H groups in total. The number of benzene rings is 2. The predicted molar refractivity (Wildman–Crippen MR) is 113 cm³/mol. The van der Waals surface area contributed by atoms with Gasteiger partial charge in [0.05, 0.1) is 5.75 Å². The summed E-state index contributed by atoms with van der Waals surface area (Å²) in [6, 6.07) is 15.1. The van der Waals surface area contributed by atoms with E-state index in [0.717, 1.165) is 10.2 Å². The molecule has 2 aromatic carbocycles. The fraction of sp³-hybridized carbons (Fsp3) is 0.300. The number of nitrogens with one attached hydrogen (secondary N) is 1.